The monoisotopic (exact) mass is 408 g/mol. The van der Waals surface area contributed by atoms with Crippen molar-refractivity contribution in [3.05, 3.63) is 58.9 Å². The van der Waals surface area contributed by atoms with E-state index in [0.29, 0.717) is 24.7 Å². The van der Waals surface area contributed by atoms with Gasteiger partial charge in [0.15, 0.2) is 6.61 Å². The molecule has 1 aromatic heterocycles. The van der Waals surface area contributed by atoms with Crippen LogP contribution in [0.15, 0.2) is 36.4 Å². The number of aromatic nitrogens is 1. The zero-order chi connectivity index (χ0) is 21.3. The molecule has 1 aromatic carbocycles. The molecule has 158 valence electrons. The van der Waals surface area contributed by atoms with Gasteiger partial charge in [0.1, 0.15) is 0 Å². The van der Waals surface area contributed by atoms with Gasteiger partial charge in [-0.25, -0.2) is 0 Å². The van der Waals surface area contributed by atoms with Crippen LogP contribution in [0.5, 0.6) is 0 Å². The molecule has 1 amide bonds. The number of likely N-dealkylation sites (tertiary alicyclic amines) is 1. The predicted molar refractivity (Wildman–Crippen MR) is 112 cm³/mol. The summed E-state index contributed by atoms with van der Waals surface area (Å²) in [7, 11) is 0. The highest BCUT2D eigenvalue weighted by Gasteiger charge is 2.35. The molecule has 0 bridgehead atoms. The number of Topliss-reactive ketones (excluding diaryl/α,β-unsaturated/α-hetero) is 1. The van der Waals surface area contributed by atoms with Gasteiger partial charge in [0, 0.05) is 42.5 Å². The molecule has 2 fully saturated rings. The molecule has 4 rings (SSSR count). The second kappa shape index (κ2) is 8.46. The van der Waals surface area contributed by atoms with Crippen molar-refractivity contribution in [1.82, 2.24) is 9.47 Å². The Morgan fingerprint density at radius 1 is 1.13 bits per heavy atom. The number of nitrogens with zero attached hydrogens (tertiary/aromatic N) is 2. The molecular formula is C24H28N2O4. The number of rotatable bonds is 8. The highest BCUT2D eigenvalue weighted by atomic mass is 16.5. The smallest absolute Gasteiger partial charge is 0.311 e. The van der Waals surface area contributed by atoms with Crippen LogP contribution < -0.4 is 0 Å². The summed E-state index contributed by atoms with van der Waals surface area (Å²) in [6, 6.07) is 12.3. The fourth-order valence-corrected chi connectivity index (χ4v) is 4.34. The van der Waals surface area contributed by atoms with Gasteiger partial charge in [-0.3, -0.25) is 14.4 Å². The summed E-state index contributed by atoms with van der Waals surface area (Å²) in [6.45, 7) is 4.61. The molecule has 1 aliphatic carbocycles. The maximum Gasteiger partial charge on any atom is 0.311 e. The van der Waals surface area contributed by atoms with E-state index < -0.39 is 11.9 Å². The van der Waals surface area contributed by atoms with E-state index in [1.165, 1.54) is 0 Å². The number of carbonyl (C=O) groups excluding carboxylic acids is 3. The van der Waals surface area contributed by atoms with Crippen LogP contribution in [0.1, 0.15) is 52.6 Å². The Balaban J connectivity index is 1.28. The summed E-state index contributed by atoms with van der Waals surface area (Å²) >= 11 is 0. The highest BCUT2D eigenvalue weighted by molar-refractivity contribution is 5.99. The maximum atomic E-state index is 12.6. The quantitative estimate of drug-likeness (QED) is 0.497. The van der Waals surface area contributed by atoms with Gasteiger partial charge in [0.2, 0.25) is 11.7 Å². The zero-order valence-electron chi connectivity index (χ0n) is 17.6. The van der Waals surface area contributed by atoms with E-state index in [2.05, 4.69) is 4.57 Å². The van der Waals surface area contributed by atoms with Crippen LogP contribution >= 0.6 is 0 Å². The number of aryl methyl sites for hydroxylation is 1. The highest BCUT2D eigenvalue weighted by Crippen LogP contribution is 2.38. The van der Waals surface area contributed by atoms with Crippen molar-refractivity contribution in [2.24, 2.45) is 5.92 Å². The van der Waals surface area contributed by atoms with Crippen LogP contribution in [-0.2, 0) is 20.7 Å². The lowest BCUT2D eigenvalue weighted by atomic mass is 10.1. The molecule has 0 N–H and O–H groups in total. The number of esters is 1. The van der Waals surface area contributed by atoms with E-state index in [1.807, 2.05) is 50.2 Å². The number of ketones is 1. The lowest BCUT2D eigenvalue weighted by Crippen LogP contribution is -2.29. The summed E-state index contributed by atoms with van der Waals surface area (Å²) < 4.78 is 7.51. The van der Waals surface area contributed by atoms with Crippen molar-refractivity contribution >= 4 is 17.7 Å². The van der Waals surface area contributed by atoms with Crippen molar-refractivity contribution < 1.29 is 19.1 Å². The molecule has 1 saturated heterocycles. The van der Waals surface area contributed by atoms with Crippen LogP contribution in [0.25, 0.3) is 0 Å². The normalized spacial score (nSPS) is 18.7. The van der Waals surface area contributed by atoms with Gasteiger partial charge in [-0.1, -0.05) is 30.3 Å². The Morgan fingerprint density at radius 3 is 2.57 bits per heavy atom. The van der Waals surface area contributed by atoms with Crippen LogP contribution in [0.2, 0.25) is 0 Å². The van der Waals surface area contributed by atoms with E-state index in [4.69, 9.17) is 4.74 Å². The third-order valence-electron chi connectivity index (χ3n) is 6.10. The van der Waals surface area contributed by atoms with E-state index in [-0.39, 0.29) is 24.7 Å². The molecule has 1 saturated carbocycles. The maximum absolute atomic E-state index is 12.6. The molecule has 0 unspecified atom stereocenters. The van der Waals surface area contributed by atoms with Crippen molar-refractivity contribution in [1.29, 1.82) is 0 Å². The summed E-state index contributed by atoms with van der Waals surface area (Å²) in [5.41, 5.74) is 3.80. The second-order valence-electron chi connectivity index (χ2n) is 8.39. The number of hydrogen-bond acceptors (Lipinski definition) is 4. The summed E-state index contributed by atoms with van der Waals surface area (Å²) in [5, 5.41) is 0. The van der Waals surface area contributed by atoms with Gasteiger partial charge in [-0.15, -0.1) is 0 Å². The topological polar surface area (TPSA) is 68.6 Å². The second-order valence-corrected chi connectivity index (χ2v) is 8.39. The fourth-order valence-electron chi connectivity index (χ4n) is 4.34. The molecule has 6 heteroatoms. The number of benzene rings is 1. The third kappa shape index (κ3) is 4.32. The van der Waals surface area contributed by atoms with Crippen LogP contribution in [0, 0.1) is 19.8 Å². The lowest BCUT2D eigenvalue weighted by Gasteiger charge is -2.16. The molecule has 1 atom stereocenters. The molecular weight excluding hydrogens is 380 g/mol. The van der Waals surface area contributed by atoms with Gasteiger partial charge in [0.05, 0.1) is 5.92 Å². The predicted octanol–water partition coefficient (Wildman–Crippen LogP) is 3.26. The number of hydrogen-bond donors (Lipinski definition) is 0. The van der Waals surface area contributed by atoms with Crippen LogP contribution in [-0.4, -0.2) is 46.8 Å². The molecule has 2 aromatic rings. The van der Waals surface area contributed by atoms with Crippen molar-refractivity contribution in [2.45, 2.75) is 45.6 Å². The first kappa shape index (κ1) is 20.4. The first-order chi connectivity index (χ1) is 14.4. The largest absolute Gasteiger partial charge is 0.457 e. The van der Waals surface area contributed by atoms with Crippen molar-refractivity contribution in [3.8, 4) is 0 Å². The van der Waals surface area contributed by atoms with E-state index >= 15 is 0 Å². The lowest BCUT2D eigenvalue weighted by molar-refractivity contribution is -0.147. The van der Waals surface area contributed by atoms with Gasteiger partial charge in [-0.2, -0.15) is 0 Å². The Morgan fingerprint density at radius 2 is 1.87 bits per heavy atom. The Labute approximate surface area is 176 Å². The van der Waals surface area contributed by atoms with Gasteiger partial charge in [-0.05, 0) is 44.7 Å². The minimum absolute atomic E-state index is 0.0350. The molecule has 2 aliphatic rings. The van der Waals surface area contributed by atoms with E-state index in [1.54, 1.807) is 4.90 Å². The van der Waals surface area contributed by atoms with Crippen molar-refractivity contribution in [3.63, 3.8) is 0 Å². The summed E-state index contributed by atoms with van der Waals surface area (Å²) in [5.74, 6) is -1.18. The fraction of sp³-hybridized carbons (Fsp3) is 0.458. The standard InChI is InChI=1S/C24H28N2O4/c1-16-12-21(17(2)26(16)20-8-9-20)22(27)15-30-24(29)19-13-23(28)25(14-19)11-10-18-6-4-3-5-7-18/h3-7,12,19-20H,8-11,13-15H2,1-2H3/t19-/m1/s1. The summed E-state index contributed by atoms with van der Waals surface area (Å²) in [4.78, 5) is 39.1. The van der Waals surface area contributed by atoms with Gasteiger partial charge >= 0.3 is 5.97 Å². The number of ether oxygens (including phenoxy) is 1. The van der Waals surface area contributed by atoms with Gasteiger partial charge < -0.3 is 14.2 Å². The van der Waals surface area contributed by atoms with E-state index in [0.717, 1.165) is 36.2 Å². The number of carbonyl (C=O) groups is 3. The summed E-state index contributed by atoms with van der Waals surface area (Å²) in [6.07, 6.45) is 3.20. The first-order valence-electron chi connectivity index (χ1n) is 10.6. The Hall–Kier alpha value is -2.89. The Bertz CT molecular complexity index is 959. The third-order valence-corrected chi connectivity index (χ3v) is 6.10. The molecule has 30 heavy (non-hydrogen) atoms. The molecule has 1 aliphatic heterocycles. The Kier molecular flexibility index (Phi) is 5.75. The minimum atomic E-state index is -0.500. The molecule has 0 spiro atoms. The molecule has 0 radical (unpaired) electrons. The zero-order valence-corrected chi connectivity index (χ0v) is 17.6. The average Bonchev–Trinajstić information content (AvgIpc) is 3.43. The van der Waals surface area contributed by atoms with Crippen molar-refractivity contribution in [2.75, 3.05) is 19.7 Å². The minimum Gasteiger partial charge on any atom is -0.457 e. The first-order valence-corrected chi connectivity index (χ1v) is 10.6. The molecule has 2 heterocycles. The SMILES string of the molecule is Cc1cc(C(=O)COC(=O)[C@@H]2CC(=O)N(CCc3ccccc3)C2)c(C)n1C1CC1. The van der Waals surface area contributed by atoms with Crippen LogP contribution in [0.4, 0.5) is 0 Å². The van der Waals surface area contributed by atoms with Gasteiger partial charge in [0.25, 0.3) is 0 Å². The molecule has 6 nitrogen and oxygen atoms in total. The van der Waals surface area contributed by atoms with E-state index in [9.17, 15) is 14.4 Å². The number of amides is 1. The average molecular weight is 408 g/mol. The van der Waals surface area contributed by atoms with Crippen LogP contribution in [0.3, 0.4) is 0 Å².